The van der Waals surface area contributed by atoms with Crippen LogP contribution in [-0.2, 0) is 23.7 Å². The zero-order valence-corrected chi connectivity index (χ0v) is 14.7. The quantitative estimate of drug-likeness (QED) is 0.624. The van der Waals surface area contributed by atoms with Gasteiger partial charge in [0.05, 0.1) is 22.0 Å². The second kappa shape index (κ2) is 7.35. The Morgan fingerprint density at radius 3 is 2.07 bits per heavy atom. The van der Waals surface area contributed by atoms with Crippen molar-refractivity contribution in [1.82, 2.24) is 9.55 Å². The molecule has 0 aliphatic carbocycles. The number of hydrogen-bond acceptors (Lipinski definition) is 3. The first-order valence-corrected chi connectivity index (χ1v) is 8.17. The molecule has 0 spiro atoms. The van der Waals surface area contributed by atoms with E-state index in [1.807, 2.05) is 5.32 Å². The highest BCUT2D eigenvalue weighted by Gasteiger charge is 2.37. The SMILES string of the molecule is O=C(Cn1c(=O)[nH]c2ccccc2c1=O)Nc1cc(C(F)(F)F)cc(C(F)(F)F)c1. The molecule has 2 N–H and O–H groups in total. The van der Waals surface area contributed by atoms with Gasteiger partial charge in [-0.2, -0.15) is 26.3 Å². The van der Waals surface area contributed by atoms with Crippen molar-refractivity contribution >= 4 is 22.5 Å². The molecule has 3 aromatic rings. The number of carbonyl (C=O) groups excluding carboxylic acids is 1. The van der Waals surface area contributed by atoms with E-state index in [0.717, 1.165) is 0 Å². The Morgan fingerprint density at radius 1 is 0.933 bits per heavy atom. The molecule has 12 heteroatoms. The summed E-state index contributed by atoms with van der Waals surface area (Å²) >= 11 is 0. The van der Waals surface area contributed by atoms with Gasteiger partial charge in [-0.15, -0.1) is 0 Å². The van der Waals surface area contributed by atoms with E-state index in [2.05, 4.69) is 4.98 Å². The van der Waals surface area contributed by atoms with Gasteiger partial charge in [0.25, 0.3) is 5.56 Å². The van der Waals surface area contributed by atoms with Gasteiger partial charge in [0, 0.05) is 5.69 Å². The second-order valence-corrected chi connectivity index (χ2v) is 6.21. The molecule has 0 saturated carbocycles. The summed E-state index contributed by atoms with van der Waals surface area (Å²) in [4.78, 5) is 38.9. The molecule has 0 unspecified atom stereocenters. The van der Waals surface area contributed by atoms with E-state index in [-0.39, 0.29) is 17.0 Å². The van der Waals surface area contributed by atoms with Crippen molar-refractivity contribution in [2.24, 2.45) is 0 Å². The molecule has 30 heavy (non-hydrogen) atoms. The zero-order chi connectivity index (χ0) is 22.3. The van der Waals surface area contributed by atoms with Gasteiger partial charge in [-0.05, 0) is 30.3 Å². The maximum Gasteiger partial charge on any atom is 0.416 e. The standard InChI is InChI=1S/C18H11F6N3O3/c19-17(20,21)9-5-10(18(22,23)24)7-11(6-9)25-14(28)8-27-15(29)12-3-1-2-4-13(12)26-16(27)30/h1-7H,8H2,(H,25,28)(H,26,30). The zero-order valence-electron chi connectivity index (χ0n) is 14.7. The Bertz CT molecular complexity index is 1210. The lowest BCUT2D eigenvalue weighted by Gasteiger charge is -2.15. The van der Waals surface area contributed by atoms with Crippen molar-refractivity contribution in [3.05, 3.63) is 74.4 Å². The van der Waals surface area contributed by atoms with Crippen molar-refractivity contribution in [1.29, 1.82) is 0 Å². The molecular formula is C18H11F6N3O3. The largest absolute Gasteiger partial charge is 0.416 e. The molecule has 0 saturated heterocycles. The van der Waals surface area contributed by atoms with Gasteiger partial charge in [-0.3, -0.25) is 14.2 Å². The molecule has 1 aromatic heterocycles. The molecule has 0 fully saturated rings. The Kier molecular flexibility index (Phi) is 5.18. The molecule has 0 bridgehead atoms. The van der Waals surface area contributed by atoms with E-state index in [1.54, 1.807) is 6.07 Å². The second-order valence-electron chi connectivity index (χ2n) is 6.21. The van der Waals surface area contributed by atoms with Crippen molar-refractivity contribution in [3.63, 3.8) is 0 Å². The highest BCUT2D eigenvalue weighted by atomic mass is 19.4. The number of hydrogen-bond donors (Lipinski definition) is 2. The van der Waals surface area contributed by atoms with Gasteiger partial charge in [0.1, 0.15) is 6.54 Å². The molecule has 2 aromatic carbocycles. The lowest BCUT2D eigenvalue weighted by Crippen LogP contribution is -2.38. The summed E-state index contributed by atoms with van der Waals surface area (Å²) in [6.07, 6.45) is -10.2. The first-order chi connectivity index (χ1) is 13.9. The highest BCUT2D eigenvalue weighted by molar-refractivity contribution is 5.91. The number of aromatic nitrogens is 2. The number of nitrogens with zero attached hydrogens (tertiary/aromatic N) is 1. The third-order valence-corrected chi connectivity index (χ3v) is 4.06. The van der Waals surface area contributed by atoms with Crippen LogP contribution in [0, 0.1) is 0 Å². The summed E-state index contributed by atoms with van der Waals surface area (Å²) in [6.45, 7) is -0.920. The maximum absolute atomic E-state index is 12.9. The summed E-state index contributed by atoms with van der Waals surface area (Å²) in [5.74, 6) is -1.16. The van der Waals surface area contributed by atoms with Gasteiger partial charge < -0.3 is 10.3 Å². The van der Waals surface area contributed by atoms with Gasteiger partial charge in [-0.25, -0.2) is 4.79 Å². The van der Waals surface area contributed by atoms with Crippen LogP contribution in [0.4, 0.5) is 32.0 Å². The topological polar surface area (TPSA) is 84.0 Å². The normalized spacial score (nSPS) is 12.2. The van der Waals surface area contributed by atoms with Gasteiger partial charge in [-0.1, -0.05) is 12.1 Å². The van der Waals surface area contributed by atoms with Crippen LogP contribution in [0.5, 0.6) is 0 Å². The molecule has 0 atom stereocenters. The number of fused-ring (bicyclic) bond motifs is 1. The maximum atomic E-state index is 12.9. The van der Waals surface area contributed by atoms with Gasteiger partial charge >= 0.3 is 18.0 Å². The number of anilines is 1. The molecular weight excluding hydrogens is 420 g/mol. The van der Waals surface area contributed by atoms with Gasteiger partial charge in [0.2, 0.25) is 5.91 Å². The number of aromatic amines is 1. The fourth-order valence-corrected chi connectivity index (χ4v) is 2.71. The van der Waals surface area contributed by atoms with Crippen LogP contribution in [0.3, 0.4) is 0 Å². The van der Waals surface area contributed by atoms with E-state index in [4.69, 9.17) is 0 Å². The minimum atomic E-state index is -5.09. The number of carbonyl (C=O) groups is 1. The Balaban J connectivity index is 1.95. The van der Waals surface area contributed by atoms with Crippen LogP contribution >= 0.6 is 0 Å². The number of amides is 1. The van der Waals surface area contributed by atoms with E-state index in [0.29, 0.717) is 16.7 Å². The number of H-pyrrole nitrogens is 1. The smallest absolute Gasteiger partial charge is 0.325 e. The van der Waals surface area contributed by atoms with Crippen molar-refractivity contribution < 1.29 is 31.1 Å². The molecule has 0 aliphatic heterocycles. The molecule has 1 amide bonds. The van der Waals surface area contributed by atoms with Crippen LogP contribution in [-0.4, -0.2) is 15.5 Å². The lowest BCUT2D eigenvalue weighted by atomic mass is 10.1. The van der Waals surface area contributed by atoms with Crippen molar-refractivity contribution in [3.8, 4) is 0 Å². The highest BCUT2D eigenvalue weighted by Crippen LogP contribution is 2.37. The van der Waals surface area contributed by atoms with Crippen molar-refractivity contribution in [2.45, 2.75) is 18.9 Å². The Morgan fingerprint density at radius 2 is 1.50 bits per heavy atom. The third-order valence-electron chi connectivity index (χ3n) is 4.06. The predicted molar refractivity (Wildman–Crippen MR) is 93.9 cm³/mol. The van der Waals surface area contributed by atoms with E-state index in [1.165, 1.54) is 18.2 Å². The van der Waals surface area contributed by atoms with Crippen LogP contribution in [0.1, 0.15) is 11.1 Å². The predicted octanol–water partition coefficient (Wildman–Crippen LogP) is 3.37. The summed E-state index contributed by atoms with van der Waals surface area (Å²) in [6, 6.07) is 6.44. The first kappa shape index (κ1) is 21.1. The summed E-state index contributed by atoms with van der Waals surface area (Å²) < 4.78 is 77.9. The molecule has 6 nitrogen and oxygen atoms in total. The van der Waals surface area contributed by atoms with Crippen LogP contribution in [0.25, 0.3) is 10.9 Å². The molecule has 3 rings (SSSR count). The number of para-hydroxylation sites is 1. The molecule has 0 aliphatic rings. The van der Waals surface area contributed by atoms with Gasteiger partial charge in [0.15, 0.2) is 0 Å². The van der Waals surface area contributed by atoms with Crippen molar-refractivity contribution in [2.75, 3.05) is 5.32 Å². The van der Waals surface area contributed by atoms with Crippen LogP contribution in [0.15, 0.2) is 52.1 Å². The van der Waals surface area contributed by atoms with Crippen LogP contribution < -0.4 is 16.6 Å². The fraction of sp³-hybridized carbons (Fsp3) is 0.167. The molecule has 0 radical (unpaired) electrons. The summed E-state index contributed by atoms with van der Waals surface area (Å²) in [5.41, 5.74) is -5.62. The summed E-state index contributed by atoms with van der Waals surface area (Å²) in [7, 11) is 0. The number of halogens is 6. The Hall–Kier alpha value is -3.57. The minimum absolute atomic E-state index is 0.0725. The fourth-order valence-electron chi connectivity index (χ4n) is 2.71. The molecule has 1 heterocycles. The minimum Gasteiger partial charge on any atom is -0.325 e. The Labute approximate surface area is 162 Å². The average Bonchev–Trinajstić information content (AvgIpc) is 2.63. The lowest BCUT2D eigenvalue weighted by molar-refractivity contribution is -0.143. The number of benzene rings is 2. The van der Waals surface area contributed by atoms with E-state index in [9.17, 15) is 40.7 Å². The van der Waals surface area contributed by atoms with E-state index >= 15 is 0 Å². The van der Waals surface area contributed by atoms with E-state index < -0.39 is 52.9 Å². The monoisotopic (exact) mass is 431 g/mol. The van der Waals surface area contributed by atoms with Crippen LogP contribution in [0.2, 0.25) is 0 Å². The average molecular weight is 431 g/mol. The molecule has 158 valence electrons. The third kappa shape index (κ3) is 4.36. The number of alkyl halides is 6. The number of rotatable bonds is 3. The number of nitrogens with one attached hydrogen (secondary N) is 2. The summed E-state index contributed by atoms with van der Waals surface area (Å²) in [5, 5.41) is 1.94. The first-order valence-electron chi connectivity index (χ1n) is 8.17.